The molecule has 1 aliphatic carbocycles. The number of rotatable bonds is 1. The summed E-state index contributed by atoms with van der Waals surface area (Å²) < 4.78 is 0. The van der Waals surface area contributed by atoms with Gasteiger partial charge in [-0.1, -0.05) is 23.8 Å². The normalized spacial score (nSPS) is 27.6. The molecule has 0 aromatic rings. The monoisotopic (exact) mass is 184 g/mol. The van der Waals surface area contributed by atoms with Crippen LogP contribution in [0, 0.1) is 5.92 Å². The van der Waals surface area contributed by atoms with Gasteiger partial charge < -0.3 is 0 Å². The van der Waals surface area contributed by atoms with E-state index in [0.29, 0.717) is 17.4 Å². The Bertz CT molecular complexity index is 259. The van der Waals surface area contributed by atoms with Crippen molar-refractivity contribution < 1.29 is 4.79 Å². The first kappa shape index (κ1) is 9.53. The fraction of sp³-hybridized carbons (Fsp3) is 0.500. The van der Waals surface area contributed by atoms with E-state index in [0.717, 1.165) is 17.6 Å². The lowest BCUT2D eigenvalue weighted by molar-refractivity contribution is -0.114. The van der Waals surface area contributed by atoms with Gasteiger partial charge in [-0.25, -0.2) is 0 Å². The summed E-state index contributed by atoms with van der Waals surface area (Å²) in [5.74, 6) is 0.511. The smallest absolute Gasteiger partial charge is 0.160 e. The van der Waals surface area contributed by atoms with E-state index in [-0.39, 0.29) is 5.78 Å². The van der Waals surface area contributed by atoms with Crippen LogP contribution in [0.5, 0.6) is 0 Å². The lowest BCUT2D eigenvalue weighted by Gasteiger charge is -2.04. The number of Topliss-reactive ketones (excluding diaryl/α,β-unsaturated/α-hetero) is 1. The fourth-order valence-electron chi connectivity index (χ4n) is 1.46. The van der Waals surface area contributed by atoms with Crippen LogP contribution >= 0.6 is 11.6 Å². The molecule has 1 rings (SSSR count). The summed E-state index contributed by atoms with van der Waals surface area (Å²) in [6, 6.07) is 0. The molecule has 0 N–H and O–H groups in total. The molecule has 0 aromatic heterocycles. The zero-order valence-electron chi connectivity index (χ0n) is 7.48. The minimum absolute atomic E-state index is 0.190. The molecule has 0 radical (unpaired) electrons. The van der Waals surface area contributed by atoms with E-state index in [9.17, 15) is 4.79 Å². The van der Waals surface area contributed by atoms with Gasteiger partial charge in [-0.15, -0.1) is 0 Å². The predicted molar refractivity (Wildman–Crippen MR) is 51.1 cm³/mol. The highest BCUT2D eigenvalue weighted by Crippen LogP contribution is 2.34. The number of hydrogen-bond acceptors (Lipinski definition) is 1. The molecule has 0 saturated heterocycles. The molecular weight excluding hydrogens is 172 g/mol. The van der Waals surface area contributed by atoms with Crippen LogP contribution < -0.4 is 0 Å². The van der Waals surface area contributed by atoms with Crippen molar-refractivity contribution in [1.29, 1.82) is 0 Å². The molecule has 1 fully saturated rings. The average Bonchev–Trinajstić information content (AvgIpc) is 2.30. The van der Waals surface area contributed by atoms with Crippen molar-refractivity contribution in [3.8, 4) is 0 Å². The van der Waals surface area contributed by atoms with E-state index in [1.165, 1.54) is 0 Å². The van der Waals surface area contributed by atoms with E-state index in [1.54, 1.807) is 6.92 Å². The van der Waals surface area contributed by atoms with Crippen molar-refractivity contribution in [3.63, 3.8) is 0 Å². The van der Waals surface area contributed by atoms with Gasteiger partial charge >= 0.3 is 0 Å². The Morgan fingerprint density at radius 1 is 1.50 bits per heavy atom. The van der Waals surface area contributed by atoms with Crippen molar-refractivity contribution >= 4 is 17.4 Å². The van der Waals surface area contributed by atoms with Crippen LogP contribution in [0.25, 0.3) is 0 Å². The third-order valence-electron chi connectivity index (χ3n) is 2.33. The van der Waals surface area contributed by atoms with Crippen LogP contribution in [-0.2, 0) is 4.79 Å². The largest absolute Gasteiger partial charge is 0.294 e. The summed E-state index contributed by atoms with van der Waals surface area (Å²) in [5, 5.41) is 0.642. The maximum Gasteiger partial charge on any atom is 0.160 e. The number of ketones is 1. The molecular formula is C10H13ClO. The maximum atomic E-state index is 11.3. The van der Waals surface area contributed by atoms with Gasteiger partial charge in [-0.2, -0.15) is 0 Å². The molecule has 2 heteroatoms. The summed E-state index contributed by atoms with van der Waals surface area (Å²) >= 11 is 5.78. The summed E-state index contributed by atoms with van der Waals surface area (Å²) in [7, 11) is 0. The van der Waals surface area contributed by atoms with Crippen molar-refractivity contribution in [2.24, 2.45) is 5.92 Å². The first-order valence-electron chi connectivity index (χ1n) is 4.06. The Balaban J connectivity index is 2.83. The number of halogens is 1. The van der Waals surface area contributed by atoms with Gasteiger partial charge in [0.1, 0.15) is 0 Å². The van der Waals surface area contributed by atoms with Gasteiger partial charge in [0.2, 0.25) is 0 Å². The predicted octanol–water partition coefficient (Wildman–Crippen LogP) is 3.05. The van der Waals surface area contributed by atoms with Gasteiger partial charge in [-0.3, -0.25) is 4.79 Å². The van der Waals surface area contributed by atoms with E-state index in [4.69, 9.17) is 11.6 Å². The molecule has 0 spiro atoms. The lowest BCUT2D eigenvalue weighted by atomic mass is 10.0. The standard InChI is InChI=1S/C10H13ClO/c1-6(2)8-4-9(7(3)11)10(12)5-8/h8H,1,4-5H2,2-3H3/b9-7+/t8-/m1/s1. The van der Waals surface area contributed by atoms with Gasteiger partial charge in [0.25, 0.3) is 0 Å². The maximum absolute atomic E-state index is 11.3. The quantitative estimate of drug-likeness (QED) is 0.452. The molecule has 66 valence electrons. The van der Waals surface area contributed by atoms with Crippen LogP contribution in [0.2, 0.25) is 0 Å². The summed E-state index contributed by atoms with van der Waals surface area (Å²) in [5.41, 5.74) is 1.88. The third-order valence-corrected chi connectivity index (χ3v) is 2.56. The van der Waals surface area contributed by atoms with E-state index in [1.807, 2.05) is 6.92 Å². The summed E-state index contributed by atoms with van der Waals surface area (Å²) in [6.45, 7) is 7.58. The topological polar surface area (TPSA) is 17.1 Å². The van der Waals surface area contributed by atoms with Crippen LogP contribution in [-0.4, -0.2) is 5.78 Å². The summed E-state index contributed by atoms with van der Waals surface area (Å²) in [6.07, 6.45) is 1.37. The van der Waals surface area contributed by atoms with E-state index in [2.05, 4.69) is 6.58 Å². The molecule has 1 nitrogen and oxygen atoms in total. The van der Waals surface area contributed by atoms with Crippen LogP contribution in [0.4, 0.5) is 0 Å². The molecule has 0 aliphatic heterocycles. The second-order valence-electron chi connectivity index (χ2n) is 3.39. The molecule has 0 bridgehead atoms. The number of carbonyl (C=O) groups excluding carboxylic acids is 1. The minimum atomic E-state index is 0.190. The van der Waals surface area contributed by atoms with Crippen molar-refractivity contribution in [2.45, 2.75) is 26.7 Å². The van der Waals surface area contributed by atoms with Crippen molar-refractivity contribution in [3.05, 3.63) is 22.8 Å². The van der Waals surface area contributed by atoms with Crippen LogP contribution in [0.15, 0.2) is 22.8 Å². The van der Waals surface area contributed by atoms with E-state index < -0.39 is 0 Å². The molecule has 0 heterocycles. The molecule has 0 unspecified atom stereocenters. The lowest BCUT2D eigenvalue weighted by Crippen LogP contribution is -1.95. The van der Waals surface area contributed by atoms with Crippen molar-refractivity contribution in [1.82, 2.24) is 0 Å². The van der Waals surface area contributed by atoms with Gasteiger partial charge in [-0.05, 0) is 26.2 Å². The second kappa shape index (κ2) is 3.44. The first-order chi connectivity index (χ1) is 5.52. The fourth-order valence-corrected chi connectivity index (χ4v) is 1.64. The molecule has 1 saturated carbocycles. The van der Waals surface area contributed by atoms with Gasteiger partial charge in [0.15, 0.2) is 5.78 Å². The highest BCUT2D eigenvalue weighted by atomic mass is 35.5. The van der Waals surface area contributed by atoms with Gasteiger partial charge in [0, 0.05) is 17.0 Å². The average molecular weight is 185 g/mol. The first-order valence-corrected chi connectivity index (χ1v) is 4.44. The summed E-state index contributed by atoms with van der Waals surface area (Å²) in [4.78, 5) is 11.3. The van der Waals surface area contributed by atoms with Crippen LogP contribution in [0.3, 0.4) is 0 Å². The zero-order valence-corrected chi connectivity index (χ0v) is 8.24. The Morgan fingerprint density at radius 3 is 2.33 bits per heavy atom. The molecule has 12 heavy (non-hydrogen) atoms. The van der Waals surface area contributed by atoms with Crippen molar-refractivity contribution in [2.75, 3.05) is 0 Å². The van der Waals surface area contributed by atoms with Gasteiger partial charge in [0.05, 0.1) is 0 Å². The Kier molecular flexibility index (Phi) is 2.73. The Hall–Kier alpha value is -0.560. The molecule has 0 amide bonds. The SMILES string of the molecule is C=C(C)[C@H]1CC(=O)/C(=C(\C)Cl)C1. The third kappa shape index (κ3) is 1.78. The highest BCUT2D eigenvalue weighted by Gasteiger charge is 2.28. The molecule has 0 aromatic carbocycles. The minimum Gasteiger partial charge on any atom is -0.294 e. The number of allylic oxidation sites excluding steroid dienone is 3. The number of hydrogen-bond donors (Lipinski definition) is 0. The van der Waals surface area contributed by atoms with Crippen LogP contribution in [0.1, 0.15) is 26.7 Å². The second-order valence-corrected chi connectivity index (χ2v) is 3.95. The number of carbonyl (C=O) groups is 1. The Labute approximate surface area is 78.1 Å². The molecule has 1 aliphatic rings. The zero-order chi connectivity index (χ0) is 9.30. The molecule has 1 atom stereocenters. The Morgan fingerprint density at radius 2 is 2.08 bits per heavy atom. The highest BCUT2D eigenvalue weighted by molar-refractivity contribution is 6.31. The van der Waals surface area contributed by atoms with E-state index >= 15 is 0 Å².